The number of para-hydroxylation sites is 1. The molecule has 2 aromatic rings. The quantitative estimate of drug-likeness (QED) is 0.722. The molecule has 1 aromatic heterocycles. The summed E-state index contributed by atoms with van der Waals surface area (Å²) in [6.45, 7) is 2.09. The fourth-order valence-electron chi connectivity index (χ4n) is 3.08. The second kappa shape index (κ2) is 4.11. The Labute approximate surface area is 107 Å². The Balaban J connectivity index is 2.07. The molecule has 1 fully saturated rings. The molecule has 1 aliphatic carbocycles. The average molecular weight is 244 g/mol. The summed E-state index contributed by atoms with van der Waals surface area (Å²) in [6.07, 6.45) is 5.28. The number of H-pyrrole nitrogens is 1. The maximum atomic E-state index is 10.9. The van der Waals surface area contributed by atoms with Crippen molar-refractivity contribution in [2.45, 2.75) is 44.2 Å². The summed E-state index contributed by atoms with van der Waals surface area (Å²) < 4.78 is 0. The first kappa shape index (κ1) is 11.8. The third-order valence-electron chi connectivity index (χ3n) is 4.28. The molecule has 3 nitrogen and oxygen atoms in total. The first-order valence-electron chi connectivity index (χ1n) is 6.65. The lowest BCUT2D eigenvalue weighted by Gasteiger charge is -2.34. The van der Waals surface area contributed by atoms with Gasteiger partial charge in [-0.2, -0.15) is 0 Å². The minimum Gasteiger partial charge on any atom is -0.385 e. The van der Waals surface area contributed by atoms with Gasteiger partial charge in [-0.05, 0) is 38.2 Å². The van der Waals surface area contributed by atoms with Gasteiger partial charge in [-0.15, -0.1) is 0 Å². The van der Waals surface area contributed by atoms with Crippen molar-refractivity contribution < 1.29 is 5.11 Å². The fraction of sp³-hybridized carbons (Fsp3) is 0.467. The van der Waals surface area contributed by atoms with Gasteiger partial charge < -0.3 is 15.8 Å². The molecule has 3 heteroatoms. The number of hydrogen-bond acceptors (Lipinski definition) is 2. The number of aryl methyl sites for hydroxylation is 1. The molecule has 0 unspecified atom stereocenters. The van der Waals surface area contributed by atoms with Gasteiger partial charge in [0.15, 0.2) is 0 Å². The van der Waals surface area contributed by atoms with Crippen LogP contribution in [0.2, 0.25) is 0 Å². The second-order valence-corrected chi connectivity index (χ2v) is 5.57. The SMILES string of the molecule is Cc1cccc2c(C3(O)CCC(N)CC3)c[nH]c12. The lowest BCUT2D eigenvalue weighted by molar-refractivity contribution is -0.00359. The van der Waals surface area contributed by atoms with E-state index >= 15 is 0 Å². The van der Waals surface area contributed by atoms with E-state index in [-0.39, 0.29) is 6.04 Å². The van der Waals surface area contributed by atoms with E-state index in [1.807, 2.05) is 12.3 Å². The predicted molar refractivity (Wildman–Crippen MR) is 73.4 cm³/mol. The molecule has 0 amide bonds. The monoisotopic (exact) mass is 244 g/mol. The topological polar surface area (TPSA) is 62.0 Å². The van der Waals surface area contributed by atoms with E-state index in [4.69, 9.17) is 5.73 Å². The Bertz CT molecular complexity index is 565. The predicted octanol–water partition coefficient (Wildman–Crippen LogP) is 2.57. The summed E-state index contributed by atoms with van der Waals surface area (Å²) in [6, 6.07) is 6.47. The Kier molecular flexibility index (Phi) is 2.68. The maximum absolute atomic E-state index is 10.9. The largest absolute Gasteiger partial charge is 0.385 e. The number of benzene rings is 1. The van der Waals surface area contributed by atoms with E-state index in [1.165, 1.54) is 5.56 Å². The van der Waals surface area contributed by atoms with E-state index in [2.05, 4.69) is 24.0 Å². The highest BCUT2D eigenvalue weighted by Gasteiger charge is 2.35. The molecule has 0 bridgehead atoms. The molecule has 1 aromatic carbocycles. The third kappa shape index (κ3) is 1.74. The van der Waals surface area contributed by atoms with Crippen molar-refractivity contribution in [3.05, 3.63) is 35.5 Å². The van der Waals surface area contributed by atoms with E-state index in [9.17, 15) is 5.11 Å². The molecule has 3 rings (SSSR count). The van der Waals surface area contributed by atoms with Gasteiger partial charge in [0.2, 0.25) is 0 Å². The van der Waals surface area contributed by atoms with Crippen LogP contribution >= 0.6 is 0 Å². The zero-order chi connectivity index (χ0) is 12.8. The van der Waals surface area contributed by atoms with Gasteiger partial charge in [0.1, 0.15) is 0 Å². The third-order valence-corrected chi connectivity index (χ3v) is 4.28. The standard InChI is InChI=1S/C15H20N2O/c1-10-3-2-4-12-13(9-17-14(10)12)15(18)7-5-11(16)6-8-15/h2-4,9,11,17-18H,5-8,16H2,1H3. The van der Waals surface area contributed by atoms with Crippen LogP contribution in [0.1, 0.15) is 36.8 Å². The molecule has 0 aliphatic heterocycles. The lowest BCUT2D eigenvalue weighted by atomic mass is 9.78. The van der Waals surface area contributed by atoms with Crippen LogP contribution in [0.3, 0.4) is 0 Å². The molecular formula is C15H20N2O. The van der Waals surface area contributed by atoms with Crippen molar-refractivity contribution in [3.8, 4) is 0 Å². The molecule has 0 saturated heterocycles. The lowest BCUT2D eigenvalue weighted by Crippen LogP contribution is -2.36. The van der Waals surface area contributed by atoms with E-state index < -0.39 is 5.60 Å². The number of aromatic amines is 1. The van der Waals surface area contributed by atoms with Crippen LogP contribution in [-0.4, -0.2) is 16.1 Å². The minimum atomic E-state index is -0.706. The number of aromatic nitrogens is 1. The molecule has 1 heterocycles. The number of nitrogens with two attached hydrogens (primary N) is 1. The van der Waals surface area contributed by atoms with Crippen molar-refractivity contribution in [3.63, 3.8) is 0 Å². The Morgan fingerprint density at radius 2 is 2.06 bits per heavy atom. The summed E-state index contributed by atoms with van der Waals surface area (Å²) >= 11 is 0. The summed E-state index contributed by atoms with van der Waals surface area (Å²) in [5.41, 5.74) is 8.61. The van der Waals surface area contributed by atoms with Crippen LogP contribution in [0.5, 0.6) is 0 Å². The van der Waals surface area contributed by atoms with E-state index in [1.54, 1.807) is 0 Å². The van der Waals surface area contributed by atoms with Crippen molar-refractivity contribution in [1.29, 1.82) is 0 Å². The number of aliphatic hydroxyl groups is 1. The Morgan fingerprint density at radius 3 is 2.78 bits per heavy atom. The highest BCUT2D eigenvalue weighted by molar-refractivity contribution is 5.86. The molecule has 1 aliphatic rings. The molecular weight excluding hydrogens is 224 g/mol. The number of rotatable bonds is 1. The second-order valence-electron chi connectivity index (χ2n) is 5.57. The first-order valence-corrected chi connectivity index (χ1v) is 6.65. The smallest absolute Gasteiger partial charge is 0.0918 e. The van der Waals surface area contributed by atoms with Gasteiger partial charge in [0.05, 0.1) is 5.60 Å². The highest BCUT2D eigenvalue weighted by atomic mass is 16.3. The molecule has 4 N–H and O–H groups in total. The van der Waals surface area contributed by atoms with Gasteiger partial charge in [-0.1, -0.05) is 18.2 Å². The van der Waals surface area contributed by atoms with Crippen molar-refractivity contribution in [1.82, 2.24) is 4.98 Å². The van der Waals surface area contributed by atoms with Crippen LogP contribution in [0.4, 0.5) is 0 Å². The van der Waals surface area contributed by atoms with Gasteiger partial charge in [-0.25, -0.2) is 0 Å². The van der Waals surface area contributed by atoms with Crippen molar-refractivity contribution in [2.75, 3.05) is 0 Å². The van der Waals surface area contributed by atoms with Crippen LogP contribution in [0, 0.1) is 6.92 Å². The van der Waals surface area contributed by atoms with Crippen molar-refractivity contribution in [2.24, 2.45) is 5.73 Å². The summed E-state index contributed by atoms with van der Waals surface area (Å²) in [5.74, 6) is 0. The molecule has 1 saturated carbocycles. The fourth-order valence-corrected chi connectivity index (χ4v) is 3.08. The van der Waals surface area contributed by atoms with Crippen LogP contribution in [0.15, 0.2) is 24.4 Å². The minimum absolute atomic E-state index is 0.247. The van der Waals surface area contributed by atoms with Crippen LogP contribution in [-0.2, 0) is 5.60 Å². The summed E-state index contributed by atoms with van der Waals surface area (Å²) in [7, 11) is 0. The number of hydrogen-bond donors (Lipinski definition) is 3. The van der Waals surface area contributed by atoms with Crippen molar-refractivity contribution >= 4 is 10.9 Å². The zero-order valence-corrected chi connectivity index (χ0v) is 10.7. The average Bonchev–Trinajstić information content (AvgIpc) is 2.79. The Hall–Kier alpha value is -1.32. The normalized spacial score (nSPS) is 28.7. The summed E-state index contributed by atoms with van der Waals surface area (Å²) in [4.78, 5) is 3.30. The number of fused-ring (bicyclic) bond motifs is 1. The zero-order valence-electron chi connectivity index (χ0n) is 10.7. The van der Waals surface area contributed by atoms with Crippen LogP contribution in [0.25, 0.3) is 10.9 Å². The molecule has 18 heavy (non-hydrogen) atoms. The Morgan fingerprint density at radius 1 is 1.33 bits per heavy atom. The van der Waals surface area contributed by atoms with Gasteiger partial charge >= 0.3 is 0 Å². The number of nitrogens with one attached hydrogen (secondary N) is 1. The molecule has 0 radical (unpaired) electrons. The van der Waals surface area contributed by atoms with Crippen LogP contribution < -0.4 is 5.73 Å². The van der Waals surface area contributed by atoms with E-state index in [0.717, 1.165) is 42.1 Å². The molecule has 96 valence electrons. The summed E-state index contributed by atoms with van der Waals surface area (Å²) in [5, 5.41) is 12.0. The molecule has 0 spiro atoms. The maximum Gasteiger partial charge on any atom is 0.0918 e. The molecule has 0 atom stereocenters. The highest BCUT2D eigenvalue weighted by Crippen LogP contribution is 2.40. The van der Waals surface area contributed by atoms with E-state index in [0.29, 0.717) is 0 Å². The van der Waals surface area contributed by atoms with Gasteiger partial charge in [-0.3, -0.25) is 0 Å². The van der Waals surface area contributed by atoms with Gasteiger partial charge in [0.25, 0.3) is 0 Å². The van der Waals surface area contributed by atoms with Gasteiger partial charge in [0, 0.05) is 28.7 Å². The first-order chi connectivity index (χ1) is 8.60.